The van der Waals surface area contributed by atoms with Crippen LogP contribution in [0.1, 0.15) is 60.9 Å². The summed E-state index contributed by atoms with van der Waals surface area (Å²) in [6.45, 7) is 4.59. The topological polar surface area (TPSA) is 0 Å². The average Bonchev–Trinajstić information content (AvgIpc) is 3.23. The molecule has 0 unspecified atom stereocenters. The minimum absolute atomic E-state index is 1.09. The third-order valence-electron chi connectivity index (χ3n) is 5.38. The van der Waals surface area contributed by atoms with Crippen LogP contribution in [0.5, 0.6) is 0 Å². The predicted molar refractivity (Wildman–Crippen MR) is 104 cm³/mol. The summed E-state index contributed by atoms with van der Waals surface area (Å²) >= 11 is 0. The summed E-state index contributed by atoms with van der Waals surface area (Å²) in [5, 5.41) is 0. The van der Waals surface area contributed by atoms with Gasteiger partial charge >= 0.3 is 0 Å². The van der Waals surface area contributed by atoms with E-state index < -0.39 is 0 Å². The van der Waals surface area contributed by atoms with Gasteiger partial charge in [0.15, 0.2) is 0 Å². The Labute approximate surface area is 145 Å². The highest BCUT2D eigenvalue weighted by Gasteiger charge is 2.27. The third-order valence-corrected chi connectivity index (χ3v) is 5.38. The van der Waals surface area contributed by atoms with Crippen molar-refractivity contribution in [3.63, 3.8) is 0 Å². The molecule has 2 aliphatic rings. The number of allylic oxidation sites excluding steroid dienone is 4. The van der Waals surface area contributed by atoms with Crippen molar-refractivity contribution in [2.24, 2.45) is 0 Å². The lowest BCUT2D eigenvalue weighted by atomic mass is 9.85. The Hall–Kier alpha value is -2.08. The van der Waals surface area contributed by atoms with Crippen molar-refractivity contribution >= 4 is 5.57 Å². The molecule has 0 bridgehead atoms. The van der Waals surface area contributed by atoms with Crippen molar-refractivity contribution < 1.29 is 0 Å². The summed E-state index contributed by atoms with van der Waals surface area (Å²) in [7, 11) is 0. The van der Waals surface area contributed by atoms with Crippen LogP contribution in [0.2, 0.25) is 0 Å². The molecule has 0 atom stereocenters. The fraction of sp³-hybridized carbons (Fsp3) is 0.333. The largest absolute Gasteiger partial charge is 0.0801 e. The molecule has 24 heavy (non-hydrogen) atoms. The maximum atomic E-state index is 2.53. The summed E-state index contributed by atoms with van der Waals surface area (Å²) in [6, 6.07) is 11.6. The van der Waals surface area contributed by atoms with Gasteiger partial charge in [0.25, 0.3) is 0 Å². The molecule has 4 rings (SSSR count). The summed E-state index contributed by atoms with van der Waals surface area (Å²) < 4.78 is 0. The van der Waals surface area contributed by atoms with Crippen molar-refractivity contribution in [3.8, 4) is 11.1 Å². The van der Waals surface area contributed by atoms with Crippen LogP contribution in [0, 0.1) is 0 Å². The normalized spacial score (nSPS) is 14.7. The second kappa shape index (κ2) is 6.43. The Morgan fingerprint density at radius 3 is 2.38 bits per heavy atom. The smallest absolute Gasteiger partial charge is 0.000719 e. The molecule has 0 saturated heterocycles. The van der Waals surface area contributed by atoms with Crippen LogP contribution in [0.4, 0.5) is 0 Å². The maximum absolute atomic E-state index is 2.53. The van der Waals surface area contributed by atoms with E-state index in [-0.39, 0.29) is 0 Å². The zero-order valence-corrected chi connectivity index (χ0v) is 14.9. The summed E-state index contributed by atoms with van der Waals surface area (Å²) in [5.74, 6) is 0. The quantitative estimate of drug-likeness (QED) is 0.504. The first kappa shape index (κ1) is 15.4. The molecule has 122 valence electrons. The predicted octanol–water partition coefficient (Wildman–Crippen LogP) is 6.51. The van der Waals surface area contributed by atoms with Gasteiger partial charge in [-0.3, -0.25) is 0 Å². The van der Waals surface area contributed by atoms with Gasteiger partial charge in [-0.2, -0.15) is 0 Å². The minimum atomic E-state index is 1.09. The molecule has 0 amide bonds. The van der Waals surface area contributed by atoms with Crippen LogP contribution in [0.15, 0.2) is 48.6 Å². The van der Waals surface area contributed by atoms with E-state index in [1.54, 1.807) is 27.8 Å². The van der Waals surface area contributed by atoms with Gasteiger partial charge in [0.05, 0.1) is 0 Å². The van der Waals surface area contributed by atoms with E-state index >= 15 is 0 Å². The number of fused-ring (bicyclic) bond motifs is 3. The van der Waals surface area contributed by atoms with Gasteiger partial charge < -0.3 is 0 Å². The van der Waals surface area contributed by atoms with E-state index in [0.29, 0.717) is 0 Å². The molecule has 0 heteroatoms. The van der Waals surface area contributed by atoms with Crippen molar-refractivity contribution in [2.45, 2.75) is 52.4 Å². The number of benzene rings is 2. The van der Waals surface area contributed by atoms with Crippen LogP contribution in [0.25, 0.3) is 16.7 Å². The fourth-order valence-electron chi connectivity index (χ4n) is 4.45. The molecule has 0 saturated carbocycles. The highest BCUT2D eigenvalue weighted by atomic mass is 14.3. The second-order valence-corrected chi connectivity index (χ2v) is 7.08. The Morgan fingerprint density at radius 2 is 1.67 bits per heavy atom. The van der Waals surface area contributed by atoms with Gasteiger partial charge in [0.1, 0.15) is 0 Å². The zero-order chi connectivity index (χ0) is 16.5. The van der Waals surface area contributed by atoms with Crippen LogP contribution in [-0.4, -0.2) is 0 Å². The van der Waals surface area contributed by atoms with Crippen molar-refractivity contribution in [1.29, 1.82) is 0 Å². The van der Waals surface area contributed by atoms with Crippen molar-refractivity contribution in [1.82, 2.24) is 0 Å². The SMILES string of the molecule is CCCc1cc(CCC)c2c(c1C1=CC=CC1)Cc1ccccc1-2. The molecule has 2 aromatic carbocycles. The number of hydrogen-bond donors (Lipinski definition) is 0. The van der Waals surface area contributed by atoms with E-state index in [1.165, 1.54) is 42.4 Å². The molecule has 2 aliphatic carbocycles. The van der Waals surface area contributed by atoms with Gasteiger partial charge in [-0.15, -0.1) is 0 Å². The lowest BCUT2D eigenvalue weighted by Crippen LogP contribution is -2.03. The van der Waals surface area contributed by atoms with E-state index in [1.807, 2.05) is 0 Å². The Balaban J connectivity index is 1.97. The van der Waals surface area contributed by atoms with Gasteiger partial charge in [-0.05, 0) is 70.2 Å². The molecule has 0 fully saturated rings. The monoisotopic (exact) mass is 314 g/mol. The average molecular weight is 314 g/mol. The maximum Gasteiger partial charge on any atom is -0.000719 e. The Morgan fingerprint density at radius 1 is 0.917 bits per heavy atom. The Kier molecular flexibility index (Phi) is 4.14. The molecule has 0 N–H and O–H groups in total. The second-order valence-electron chi connectivity index (χ2n) is 7.08. The first-order valence-corrected chi connectivity index (χ1v) is 9.45. The molecule has 0 heterocycles. The van der Waals surface area contributed by atoms with Crippen LogP contribution in [0.3, 0.4) is 0 Å². The van der Waals surface area contributed by atoms with Crippen LogP contribution in [-0.2, 0) is 19.3 Å². The molecular weight excluding hydrogens is 288 g/mol. The fourth-order valence-corrected chi connectivity index (χ4v) is 4.45. The van der Waals surface area contributed by atoms with Crippen LogP contribution >= 0.6 is 0 Å². The van der Waals surface area contributed by atoms with E-state index in [2.05, 4.69) is 62.4 Å². The molecule has 0 nitrogen and oxygen atoms in total. The lowest BCUT2D eigenvalue weighted by Gasteiger charge is -2.19. The van der Waals surface area contributed by atoms with E-state index in [9.17, 15) is 0 Å². The van der Waals surface area contributed by atoms with E-state index in [4.69, 9.17) is 0 Å². The molecule has 2 aromatic rings. The molecule has 0 radical (unpaired) electrons. The standard InChI is InChI=1S/C24H26/c1-3-9-19-15-20(10-4-2)24-21-14-8-7-13-18(21)16-22(24)23(19)17-11-5-6-12-17/h5-8,11,13-15H,3-4,9-10,12,16H2,1-2H3. The number of aryl methyl sites for hydroxylation is 2. The molecule has 0 aromatic heterocycles. The number of hydrogen-bond acceptors (Lipinski definition) is 0. The van der Waals surface area contributed by atoms with Gasteiger partial charge in [-0.25, -0.2) is 0 Å². The molecular formula is C24H26. The van der Waals surface area contributed by atoms with Crippen molar-refractivity contribution in [3.05, 3.63) is 76.4 Å². The summed E-state index contributed by atoms with van der Waals surface area (Å²) in [4.78, 5) is 0. The van der Waals surface area contributed by atoms with Gasteiger partial charge in [0.2, 0.25) is 0 Å². The summed E-state index contributed by atoms with van der Waals surface area (Å²) in [6.07, 6.45) is 13.8. The minimum Gasteiger partial charge on any atom is -0.0801 e. The highest BCUT2D eigenvalue weighted by molar-refractivity contribution is 5.88. The summed E-state index contributed by atoms with van der Waals surface area (Å²) in [5.41, 5.74) is 12.4. The molecule has 0 spiro atoms. The van der Waals surface area contributed by atoms with Gasteiger partial charge in [0, 0.05) is 0 Å². The number of rotatable bonds is 5. The van der Waals surface area contributed by atoms with Crippen molar-refractivity contribution in [2.75, 3.05) is 0 Å². The molecule has 0 aliphatic heterocycles. The Bertz CT molecular complexity index is 833. The van der Waals surface area contributed by atoms with Gasteiger partial charge in [-0.1, -0.05) is 75.2 Å². The zero-order valence-electron chi connectivity index (χ0n) is 14.9. The van der Waals surface area contributed by atoms with E-state index in [0.717, 1.165) is 12.8 Å². The lowest BCUT2D eigenvalue weighted by molar-refractivity contribution is 0.890. The van der Waals surface area contributed by atoms with Crippen LogP contribution < -0.4 is 0 Å². The third kappa shape index (κ3) is 2.45. The first-order valence-electron chi connectivity index (χ1n) is 9.45. The first-order chi connectivity index (χ1) is 11.8. The highest BCUT2D eigenvalue weighted by Crippen LogP contribution is 2.45.